The first-order valence-corrected chi connectivity index (χ1v) is 15.6. The summed E-state index contributed by atoms with van der Waals surface area (Å²) >= 11 is 12.4. The lowest BCUT2D eigenvalue weighted by Crippen LogP contribution is -2.47. The number of carbonyl (C=O) groups excluding carboxylic acids is 2. The van der Waals surface area contributed by atoms with E-state index >= 15 is 0 Å². The minimum absolute atomic E-state index is 0.0388. The Balaban J connectivity index is 1.22. The zero-order valence-electron chi connectivity index (χ0n) is 23.8. The van der Waals surface area contributed by atoms with Gasteiger partial charge in [0.2, 0.25) is 5.91 Å². The normalized spacial score (nSPS) is 19.2. The molecule has 0 aromatic heterocycles. The summed E-state index contributed by atoms with van der Waals surface area (Å²) in [6.45, 7) is -1.36. The zero-order chi connectivity index (χ0) is 30.6. The standard InChI is InChI=1S/C34H35Cl2F3N2O2/c35-28-16-8-17-29(36)30(28)31(42)41-23-11-7-10-22(18-19-23)9-5-6-20-33(32(43)40-21-34(37,38)39)26-14-3-1-12-24(26)25-13-2-4-15-27(25)33/h1-4,8,12-17,22-23H,5-7,9-11,18-21H2,(H,40,43)(H,41,42). The molecule has 2 unspecified atom stereocenters. The number of alkyl halides is 3. The van der Waals surface area contributed by atoms with Crippen molar-refractivity contribution in [3.05, 3.63) is 93.5 Å². The molecule has 2 amide bonds. The fraction of sp³-hybridized carbons (Fsp3) is 0.412. The molecule has 2 N–H and O–H groups in total. The molecule has 2 aliphatic rings. The van der Waals surface area contributed by atoms with Gasteiger partial charge < -0.3 is 10.6 Å². The predicted octanol–water partition coefficient (Wildman–Crippen LogP) is 8.88. The molecule has 9 heteroatoms. The Bertz CT molecular complexity index is 1410. The molecule has 0 radical (unpaired) electrons. The van der Waals surface area contributed by atoms with Crippen LogP contribution in [0, 0.1) is 5.92 Å². The van der Waals surface area contributed by atoms with E-state index in [1.165, 1.54) is 0 Å². The summed E-state index contributed by atoms with van der Waals surface area (Å²) in [5, 5.41) is 5.97. The third-order valence-electron chi connectivity index (χ3n) is 8.93. The summed E-state index contributed by atoms with van der Waals surface area (Å²) in [4.78, 5) is 26.6. The second-order valence-electron chi connectivity index (χ2n) is 11.7. The average molecular weight is 632 g/mol. The first-order valence-electron chi connectivity index (χ1n) is 14.9. The summed E-state index contributed by atoms with van der Waals surface area (Å²) < 4.78 is 39.4. The Labute approximate surface area is 260 Å². The quantitative estimate of drug-likeness (QED) is 0.183. The summed E-state index contributed by atoms with van der Waals surface area (Å²) in [5.41, 5.74) is 2.46. The molecule has 0 saturated heterocycles. The van der Waals surface area contributed by atoms with Crippen LogP contribution in [-0.4, -0.2) is 30.6 Å². The number of carbonyl (C=O) groups is 2. The highest BCUT2D eigenvalue weighted by molar-refractivity contribution is 6.39. The van der Waals surface area contributed by atoms with Crippen LogP contribution in [-0.2, 0) is 10.2 Å². The van der Waals surface area contributed by atoms with Gasteiger partial charge in [-0.2, -0.15) is 13.2 Å². The van der Waals surface area contributed by atoms with Crippen molar-refractivity contribution in [3.63, 3.8) is 0 Å². The second kappa shape index (κ2) is 13.3. The van der Waals surface area contributed by atoms with Gasteiger partial charge in [-0.3, -0.25) is 9.59 Å². The van der Waals surface area contributed by atoms with E-state index in [1.54, 1.807) is 18.2 Å². The topological polar surface area (TPSA) is 58.2 Å². The number of benzene rings is 3. The molecular formula is C34H35Cl2F3N2O2. The largest absolute Gasteiger partial charge is 0.405 e. The lowest BCUT2D eigenvalue weighted by molar-refractivity contribution is -0.141. The first kappa shape index (κ1) is 31.4. The minimum atomic E-state index is -4.50. The smallest absolute Gasteiger partial charge is 0.349 e. The molecule has 1 fully saturated rings. The van der Waals surface area contributed by atoms with Crippen molar-refractivity contribution in [3.8, 4) is 11.1 Å². The third-order valence-corrected chi connectivity index (χ3v) is 9.56. The maximum absolute atomic E-state index is 13.7. The fourth-order valence-electron chi connectivity index (χ4n) is 6.89. The van der Waals surface area contributed by atoms with Crippen molar-refractivity contribution in [2.24, 2.45) is 5.92 Å². The number of amides is 2. The maximum atomic E-state index is 13.7. The van der Waals surface area contributed by atoms with Crippen molar-refractivity contribution in [2.75, 3.05) is 6.54 Å². The van der Waals surface area contributed by atoms with Crippen molar-refractivity contribution >= 4 is 35.0 Å². The zero-order valence-corrected chi connectivity index (χ0v) is 25.3. The number of halogens is 5. The number of fused-ring (bicyclic) bond motifs is 3. The number of hydrogen-bond donors (Lipinski definition) is 2. The summed E-state index contributed by atoms with van der Waals surface area (Å²) in [6.07, 6.45) is 3.16. The van der Waals surface area contributed by atoms with Crippen LogP contribution in [0.25, 0.3) is 11.1 Å². The fourth-order valence-corrected chi connectivity index (χ4v) is 7.46. The van der Waals surface area contributed by atoms with Crippen LogP contribution in [0.1, 0.15) is 79.3 Å². The van der Waals surface area contributed by atoms with E-state index in [2.05, 4.69) is 10.6 Å². The predicted molar refractivity (Wildman–Crippen MR) is 164 cm³/mol. The minimum Gasteiger partial charge on any atom is -0.349 e. The van der Waals surface area contributed by atoms with E-state index in [1.807, 2.05) is 48.5 Å². The van der Waals surface area contributed by atoms with E-state index in [4.69, 9.17) is 23.2 Å². The highest BCUT2D eigenvalue weighted by atomic mass is 35.5. The van der Waals surface area contributed by atoms with Crippen LogP contribution in [0.3, 0.4) is 0 Å². The van der Waals surface area contributed by atoms with E-state index in [0.717, 1.165) is 67.2 Å². The molecule has 3 aromatic carbocycles. The highest BCUT2D eigenvalue weighted by Gasteiger charge is 2.49. The summed E-state index contributed by atoms with van der Waals surface area (Å²) in [5.74, 6) is -0.386. The molecule has 0 aliphatic heterocycles. The lowest BCUT2D eigenvalue weighted by Gasteiger charge is -2.31. The van der Waals surface area contributed by atoms with Gasteiger partial charge >= 0.3 is 6.18 Å². The monoisotopic (exact) mass is 630 g/mol. The van der Waals surface area contributed by atoms with E-state index in [0.29, 0.717) is 34.4 Å². The van der Waals surface area contributed by atoms with Crippen molar-refractivity contribution in [1.29, 1.82) is 0 Å². The van der Waals surface area contributed by atoms with Crippen LogP contribution in [0.5, 0.6) is 0 Å². The van der Waals surface area contributed by atoms with Crippen LogP contribution >= 0.6 is 23.2 Å². The molecule has 228 valence electrons. The Kier molecular flexibility index (Phi) is 9.72. The Morgan fingerprint density at radius 1 is 0.814 bits per heavy atom. The van der Waals surface area contributed by atoms with Gasteiger partial charge in [0.15, 0.2) is 0 Å². The van der Waals surface area contributed by atoms with Gasteiger partial charge in [-0.1, -0.05) is 110 Å². The number of nitrogens with one attached hydrogen (secondary N) is 2. The van der Waals surface area contributed by atoms with E-state index in [-0.39, 0.29) is 11.9 Å². The lowest BCUT2D eigenvalue weighted by atomic mass is 9.73. The molecule has 0 bridgehead atoms. The third kappa shape index (κ3) is 6.88. The van der Waals surface area contributed by atoms with Gasteiger partial charge in [0, 0.05) is 6.04 Å². The molecule has 2 atom stereocenters. The average Bonchev–Trinajstić information content (AvgIpc) is 3.07. The van der Waals surface area contributed by atoms with Gasteiger partial charge in [-0.15, -0.1) is 0 Å². The highest BCUT2D eigenvalue weighted by Crippen LogP contribution is 2.51. The number of rotatable bonds is 9. The Hall–Kier alpha value is -3.03. The molecule has 43 heavy (non-hydrogen) atoms. The molecule has 1 saturated carbocycles. The Morgan fingerprint density at radius 2 is 1.44 bits per heavy atom. The first-order chi connectivity index (χ1) is 20.6. The Morgan fingerprint density at radius 3 is 2.07 bits per heavy atom. The molecule has 4 nitrogen and oxygen atoms in total. The summed E-state index contributed by atoms with van der Waals surface area (Å²) in [7, 11) is 0. The SMILES string of the molecule is O=C(NC1CCCC(CCCCC2(C(=O)NCC(F)(F)F)c3ccccc3-c3ccccc32)CC1)c1c(Cl)cccc1Cl. The molecular weight excluding hydrogens is 596 g/mol. The molecule has 5 rings (SSSR count). The van der Waals surface area contributed by atoms with E-state index in [9.17, 15) is 22.8 Å². The van der Waals surface area contributed by atoms with Gasteiger partial charge in [0.05, 0.1) is 15.6 Å². The van der Waals surface area contributed by atoms with Crippen LogP contribution in [0.2, 0.25) is 10.0 Å². The molecule has 0 spiro atoms. The number of unbranched alkanes of at least 4 members (excludes halogenated alkanes) is 1. The van der Waals surface area contributed by atoms with Gasteiger partial charge in [0.25, 0.3) is 5.91 Å². The van der Waals surface area contributed by atoms with E-state index < -0.39 is 24.0 Å². The molecule has 0 heterocycles. The molecule has 3 aromatic rings. The van der Waals surface area contributed by atoms with Gasteiger partial charge in [0.1, 0.15) is 12.0 Å². The second-order valence-corrected chi connectivity index (χ2v) is 12.5. The maximum Gasteiger partial charge on any atom is 0.405 e. The van der Waals surface area contributed by atoms with Crippen molar-refractivity contribution < 1.29 is 22.8 Å². The van der Waals surface area contributed by atoms with Gasteiger partial charge in [-0.25, -0.2) is 0 Å². The van der Waals surface area contributed by atoms with Crippen LogP contribution < -0.4 is 10.6 Å². The van der Waals surface area contributed by atoms with Crippen molar-refractivity contribution in [1.82, 2.24) is 10.6 Å². The molecule has 2 aliphatic carbocycles. The summed E-state index contributed by atoms with van der Waals surface area (Å²) in [6, 6.07) is 20.1. The van der Waals surface area contributed by atoms with Crippen molar-refractivity contribution in [2.45, 2.75) is 75.4 Å². The van der Waals surface area contributed by atoms with Crippen LogP contribution in [0.4, 0.5) is 13.2 Å². The van der Waals surface area contributed by atoms with Gasteiger partial charge in [-0.05, 0) is 66.0 Å². The van der Waals surface area contributed by atoms with Crippen LogP contribution in [0.15, 0.2) is 66.7 Å². The number of hydrogen-bond acceptors (Lipinski definition) is 2.